The van der Waals surface area contributed by atoms with Gasteiger partial charge < -0.3 is 15.0 Å². The van der Waals surface area contributed by atoms with Crippen LogP contribution in [-0.2, 0) is 27.2 Å². The largest absolute Gasteiger partial charge is 0.465 e. The number of methoxy groups -OCH3 is 1. The van der Waals surface area contributed by atoms with E-state index in [1.165, 1.54) is 35.1 Å². The molecule has 2 aromatic rings. The number of hydrogen-bond acceptors (Lipinski definition) is 6. The lowest BCUT2D eigenvalue weighted by molar-refractivity contribution is -0.120. The maximum Gasteiger partial charge on any atom is 0.341 e. The van der Waals surface area contributed by atoms with E-state index in [1.807, 2.05) is 24.3 Å². The van der Waals surface area contributed by atoms with E-state index >= 15 is 0 Å². The Bertz CT molecular complexity index is 954. The van der Waals surface area contributed by atoms with Crippen molar-refractivity contribution in [1.82, 2.24) is 0 Å². The number of anilines is 2. The number of nitrogens with one attached hydrogen (secondary N) is 1. The minimum atomic E-state index is -0.425. The van der Waals surface area contributed by atoms with Crippen molar-refractivity contribution in [3.05, 3.63) is 40.3 Å². The number of para-hydroxylation sites is 1. The molecule has 0 atom stereocenters. The predicted octanol–water partition coefficient (Wildman–Crippen LogP) is 3.49. The lowest BCUT2D eigenvalue weighted by Crippen LogP contribution is -2.41. The van der Waals surface area contributed by atoms with Crippen LogP contribution in [0.15, 0.2) is 29.2 Å². The molecule has 0 radical (unpaired) electrons. The van der Waals surface area contributed by atoms with Crippen LogP contribution in [0.25, 0.3) is 0 Å². The number of thiophene rings is 1. The summed E-state index contributed by atoms with van der Waals surface area (Å²) in [7, 11) is 1.35. The zero-order valence-corrected chi connectivity index (χ0v) is 17.1. The minimum Gasteiger partial charge on any atom is -0.465 e. The highest BCUT2D eigenvalue weighted by molar-refractivity contribution is 8.00. The van der Waals surface area contributed by atoms with E-state index in [1.54, 1.807) is 0 Å². The molecule has 6 nitrogen and oxygen atoms in total. The Hall–Kier alpha value is -2.32. The van der Waals surface area contributed by atoms with Gasteiger partial charge in [-0.2, -0.15) is 0 Å². The van der Waals surface area contributed by atoms with Crippen molar-refractivity contribution in [2.75, 3.05) is 29.6 Å². The molecular weight excluding hydrogens is 396 g/mol. The molecule has 1 aromatic heterocycles. The highest BCUT2D eigenvalue weighted by Crippen LogP contribution is 2.39. The van der Waals surface area contributed by atoms with Crippen molar-refractivity contribution in [1.29, 1.82) is 0 Å². The number of fused-ring (bicyclic) bond motifs is 2. The summed E-state index contributed by atoms with van der Waals surface area (Å²) in [5.74, 6) is -0.535. The van der Waals surface area contributed by atoms with Gasteiger partial charge in [-0.1, -0.05) is 12.1 Å². The first kappa shape index (κ1) is 19.0. The van der Waals surface area contributed by atoms with E-state index in [2.05, 4.69) is 5.32 Å². The zero-order chi connectivity index (χ0) is 19.7. The van der Waals surface area contributed by atoms with Crippen LogP contribution in [-0.4, -0.2) is 37.2 Å². The molecule has 0 bridgehead atoms. The quantitative estimate of drug-likeness (QED) is 0.772. The maximum atomic E-state index is 12.8. The van der Waals surface area contributed by atoms with Gasteiger partial charge in [0.05, 0.1) is 24.1 Å². The third kappa shape index (κ3) is 3.54. The fourth-order valence-corrected chi connectivity index (χ4v) is 5.84. The molecule has 1 aliphatic heterocycles. The standard InChI is InChI=1S/C20H20N2O4S2/c1-26-20(25)18-12-6-2-4-8-14(12)28-19(18)21-16(23)10-22-13-7-3-5-9-15(13)27-11-17(22)24/h3,5,7,9H,2,4,6,8,10-11H2,1H3,(H,21,23). The molecule has 0 unspecified atom stereocenters. The Kier molecular flexibility index (Phi) is 5.41. The normalized spacial score (nSPS) is 15.6. The van der Waals surface area contributed by atoms with Crippen LogP contribution in [0.4, 0.5) is 10.7 Å². The van der Waals surface area contributed by atoms with Gasteiger partial charge >= 0.3 is 5.97 Å². The molecule has 1 N–H and O–H groups in total. The molecule has 0 fully saturated rings. The third-order valence-electron chi connectivity index (χ3n) is 4.92. The fraction of sp³-hybridized carbons (Fsp3) is 0.350. The summed E-state index contributed by atoms with van der Waals surface area (Å²) in [5, 5.41) is 3.38. The van der Waals surface area contributed by atoms with Crippen LogP contribution < -0.4 is 10.2 Å². The molecule has 2 heterocycles. The second-order valence-electron chi connectivity index (χ2n) is 6.69. The van der Waals surface area contributed by atoms with Crippen LogP contribution >= 0.6 is 23.1 Å². The van der Waals surface area contributed by atoms with Gasteiger partial charge in [0, 0.05) is 9.77 Å². The highest BCUT2D eigenvalue weighted by atomic mass is 32.2. The van der Waals surface area contributed by atoms with Gasteiger partial charge in [-0.05, 0) is 43.4 Å². The van der Waals surface area contributed by atoms with Crippen molar-refractivity contribution in [2.24, 2.45) is 0 Å². The van der Waals surface area contributed by atoms with Crippen molar-refractivity contribution >= 4 is 51.6 Å². The van der Waals surface area contributed by atoms with Gasteiger partial charge in [-0.3, -0.25) is 9.59 Å². The Balaban J connectivity index is 1.57. The first-order valence-corrected chi connectivity index (χ1v) is 10.9. The molecule has 1 aromatic carbocycles. The molecule has 2 amide bonds. The summed E-state index contributed by atoms with van der Waals surface area (Å²) in [4.78, 5) is 41.1. The average molecular weight is 417 g/mol. The Labute approximate surface area is 171 Å². The molecule has 146 valence electrons. The summed E-state index contributed by atoms with van der Waals surface area (Å²) in [6.45, 7) is -0.0837. The molecular formula is C20H20N2O4S2. The van der Waals surface area contributed by atoms with Gasteiger partial charge in [-0.15, -0.1) is 23.1 Å². The van der Waals surface area contributed by atoms with E-state index in [0.717, 1.165) is 46.7 Å². The molecule has 8 heteroatoms. The summed E-state index contributed by atoms with van der Waals surface area (Å²) in [5.41, 5.74) is 2.21. The Morgan fingerprint density at radius 1 is 1.21 bits per heavy atom. The number of carbonyl (C=O) groups excluding carboxylic acids is 3. The number of aryl methyl sites for hydroxylation is 1. The lowest BCUT2D eigenvalue weighted by atomic mass is 9.95. The van der Waals surface area contributed by atoms with Gasteiger partial charge in [0.25, 0.3) is 0 Å². The fourth-order valence-electron chi connectivity index (χ4n) is 3.61. The molecule has 2 aliphatic rings. The van der Waals surface area contributed by atoms with E-state index in [9.17, 15) is 14.4 Å². The van der Waals surface area contributed by atoms with Crippen LogP contribution in [0.2, 0.25) is 0 Å². The number of rotatable bonds is 4. The van der Waals surface area contributed by atoms with Gasteiger partial charge in [0.2, 0.25) is 11.8 Å². The summed E-state index contributed by atoms with van der Waals surface area (Å²) in [6.07, 6.45) is 3.84. The van der Waals surface area contributed by atoms with E-state index < -0.39 is 5.97 Å². The number of hydrogen-bond donors (Lipinski definition) is 1. The maximum absolute atomic E-state index is 12.8. The lowest BCUT2D eigenvalue weighted by Gasteiger charge is -2.28. The number of esters is 1. The molecule has 0 spiro atoms. The van der Waals surface area contributed by atoms with E-state index in [4.69, 9.17) is 4.74 Å². The monoisotopic (exact) mass is 416 g/mol. The predicted molar refractivity (Wildman–Crippen MR) is 110 cm³/mol. The van der Waals surface area contributed by atoms with E-state index in [-0.39, 0.29) is 18.4 Å². The second kappa shape index (κ2) is 7.97. The minimum absolute atomic E-state index is 0.0837. The summed E-state index contributed by atoms with van der Waals surface area (Å²) < 4.78 is 4.95. The number of nitrogens with zero attached hydrogens (tertiary/aromatic N) is 1. The number of carbonyl (C=O) groups is 3. The number of amides is 2. The smallest absolute Gasteiger partial charge is 0.341 e. The molecule has 0 saturated heterocycles. The SMILES string of the molecule is COC(=O)c1c(NC(=O)CN2C(=O)CSc3ccccc32)sc2c1CCCC2. The average Bonchev–Trinajstić information content (AvgIpc) is 3.07. The second-order valence-corrected chi connectivity index (χ2v) is 8.81. The van der Waals surface area contributed by atoms with Crippen molar-refractivity contribution in [3.63, 3.8) is 0 Å². The van der Waals surface area contributed by atoms with Crippen LogP contribution in [0, 0.1) is 0 Å². The van der Waals surface area contributed by atoms with Crippen LogP contribution in [0.5, 0.6) is 0 Å². The first-order valence-electron chi connectivity index (χ1n) is 9.13. The van der Waals surface area contributed by atoms with Crippen LogP contribution in [0.1, 0.15) is 33.6 Å². The summed E-state index contributed by atoms with van der Waals surface area (Å²) in [6, 6.07) is 7.56. The third-order valence-corrected chi connectivity index (χ3v) is 7.18. The van der Waals surface area contributed by atoms with Gasteiger partial charge in [0.1, 0.15) is 11.5 Å². The van der Waals surface area contributed by atoms with Gasteiger partial charge in [0.15, 0.2) is 0 Å². The number of ether oxygens (including phenoxy) is 1. The molecule has 0 saturated carbocycles. The zero-order valence-electron chi connectivity index (χ0n) is 15.4. The van der Waals surface area contributed by atoms with E-state index in [0.29, 0.717) is 16.3 Å². The first-order chi connectivity index (χ1) is 13.6. The Morgan fingerprint density at radius 2 is 2.00 bits per heavy atom. The van der Waals surface area contributed by atoms with Crippen molar-refractivity contribution in [2.45, 2.75) is 30.6 Å². The highest BCUT2D eigenvalue weighted by Gasteiger charge is 2.29. The Morgan fingerprint density at radius 3 is 2.82 bits per heavy atom. The number of thioether (sulfide) groups is 1. The topological polar surface area (TPSA) is 75.7 Å². The van der Waals surface area contributed by atoms with Crippen molar-refractivity contribution < 1.29 is 19.1 Å². The van der Waals surface area contributed by atoms with Gasteiger partial charge in [-0.25, -0.2) is 4.79 Å². The molecule has 28 heavy (non-hydrogen) atoms. The summed E-state index contributed by atoms with van der Waals surface area (Å²) >= 11 is 2.92. The molecule has 1 aliphatic carbocycles. The van der Waals surface area contributed by atoms with Crippen LogP contribution in [0.3, 0.4) is 0 Å². The number of benzene rings is 1. The van der Waals surface area contributed by atoms with Crippen molar-refractivity contribution in [3.8, 4) is 0 Å². The molecule has 4 rings (SSSR count).